The van der Waals surface area contributed by atoms with E-state index in [1.165, 1.54) is 37.8 Å². The third-order valence-electron chi connectivity index (χ3n) is 4.23. The van der Waals surface area contributed by atoms with Crippen LogP contribution in [0.4, 0.5) is 13.2 Å². The molecule has 1 aliphatic carbocycles. The average Bonchev–Trinajstić information content (AvgIpc) is 3.16. The number of rotatable bonds is 6. The van der Waals surface area contributed by atoms with Crippen LogP contribution in [0.1, 0.15) is 56.7 Å². The van der Waals surface area contributed by atoms with Gasteiger partial charge >= 0.3 is 6.18 Å². The predicted molar refractivity (Wildman–Crippen MR) is 74.4 cm³/mol. The fourth-order valence-corrected chi connectivity index (χ4v) is 2.69. The van der Waals surface area contributed by atoms with Gasteiger partial charge in [-0.05, 0) is 49.3 Å². The lowest BCUT2D eigenvalue weighted by atomic mass is 9.99. The summed E-state index contributed by atoms with van der Waals surface area (Å²) in [6.07, 6.45) is 0.580. The molecule has 0 aromatic heterocycles. The highest BCUT2D eigenvalue weighted by molar-refractivity contribution is 5.27. The molecule has 1 atom stereocenters. The summed E-state index contributed by atoms with van der Waals surface area (Å²) in [6, 6.07) is 5.56. The fraction of sp³-hybridized carbons (Fsp3) is 0.625. The van der Waals surface area contributed by atoms with Crippen molar-refractivity contribution in [3.63, 3.8) is 0 Å². The smallest absolute Gasteiger partial charge is 0.310 e. The molecule has 0 bridgehead atoms. The van der Waals surface area contributed by atoms with Crippen LogP contribution in [0.3, 0.4) is 0 Å². The summed E-state index contributed by atoms with van der Waals surface area (Å²) in [7, 11) is 0. The molecule has 0 amide bonds. The van der Waals surface area contributed by atoms with Gasteiger partial charge in [-0.3, -0.25) is 0 Å². The molecule has 4 heteroatoms. The molecule has 1 aromatic carbocycles. The molecular formula is C16H22F3N. The Morgan fingerprint density at radius 1 is 1.30 bits per heavy atom. The second kappa shape index (κ2) is 5.76. The molecule has 1 aromatic rings. The van der Waals surface area contributed by atoms with E-state index < -0.39 is 11.7 Å². The molecular weight excluding hydrogens is 263 g/mol. The largest absolute Gasteiger partial charge is 0.416 e. The van der Waals surface area contributed by atoms with Gasteiger partial charge in [0.1, 0.15) is 0 Å². The van der Waals surface area contributed by atoms with E-state index in [0.29, 0.717) is 11.0 Å². The van der Waals surface area contributed by atoms with Gasteiger partial charge in [0.15, 0.2) is 0 Å². The van der Waals surface area contributed by atoms with Crippen molar-refractivity contribution in [2.45, 2.75) is 51.7 Å². The summed E-state index contributed by atoms with van der Waals surface area (Å²) in [5.41, 5.74) is 0.537. The van der Waals surface area contributed by atoms with Gasteiger partial charge in [0.2, 0.25) is 0 Å². The summed E-state index contributed by atoms with van der Waals surface area (Å²) in [6.45, 7) is 5.01. The summed E-state index contributed by atoms with van der Waals surface area (Å²) in [5, 5.41) is 3.40. The van der Waals surface area contributed by atoms with E-state index in [9.17, 15) is 13.2 Å². The maximum absolute atomic E-state index is 12.7. The van der Waals surface area contributed by atoms with E-state index in [-0.39, 0.29) is 6.04 Å². The molecule has 112 valence electrons. The van der Waals surface area contributed by atoms with E-state index >= 15 is 0 Å². The molecule has 1 nitrogen and oxygen atoms in total. The Kier molecular flexibility index (Phi) is 4.43. The van der Waals surface area contributed by atoms with Crippen molar-refractivity contribution < 1.29 is 13.2 Å². The van der Waals surface area contributed by atoms with Crippen LogP contribution in [0.25, 0.3) is 0 Å². The van der Waals surface area contributed by atoms with Crippen LogP contribution in [0.15, 0.2) is 24.3 Å². The molecule has 0 heterocycles. The predicted octanol–water partition coefficient (Wildman–Crippen LogP) is 4.94. The molecule has 0 aliphatic heterocycles. The first-order valence-corrected chi connectivity index (χ1v) is 7.27. The molecule has 2 rings (SSSR count). The van der Waals surface area contributed by atoms with Crippen molar-refractivity contribution in [2.24, 2.45) is 5.41 Å². The molecule has 20 heavy (non-hydrogen) atoms. The summed E-state index contributed by atoms with van der Waals surface area (Å²) in [4.78, 5) is 0. The minimum atomic E-state index is -4.27. The summed E-state index contributed by atoms with van der Waals surface area (Å²) in [5.74, 6) is 0. The Bertz CT molecular complexity index is 449. The van der Waals surface area contributed by atoms with Gasteiger partial charge in [-0.25, -0.2) is 0 Å². The summed E-state index contributed by atoms with van der Waals surface area (Å²) >= 11 is 0. The lowest BCUT2D eigenvalue weighted by Crippen LogP contribution is -2.27. The monoisotopic (exact) mass is 285 g/mol. The van der Waals surface area contributed by atoms with Gasteiger partial charge < -0.3 is 5.32 Å². The zero-order chi connectivity index (χ0) is 14.8. The minimum Gasteiger partial charge on any atom is -0.310 e. The average molecular weight is 285 g/mol. The SMILES string of the molecule is CCCC1(CNC(C)c2cccc(C(F)(F)F)c2)CC1. The quantitative estimate of drug-likeness (QED) is 0.781. The van der Waals surface area contributed by atoms with Crippen molar-refractivity contribution in [3.05, 3.63) is 35.4 Å². The number of hydrogen-bond acceptors (Lipinski definition) is 1. The van der Waals surface area contributed by atoms with Gasteiger partial charge in [-0.1, -0.05) is 25.5 Å². The molecule has 1 N–H and O–H groups in total. The Balaban J connectivity index is 1.97. The van der Waals surface area contributed by atoms with Crippen LogP contribution >= 0.6 is 0 Å². The number of halogens is 3. The number of hydrogen-bond donors (Lipinski definition) is 1. The fourth-order valence-electron chi connectivity index (χ4n) is 2.69. The van der Waals surface area contributed by atoms with Crippen molar-refractivity contribution in [2.75, 3.05) is 6.54 Å². The molecule has 0 spiro atoms. The Labute approximate surface area is 118 Å². The van der Waals surface area contributed by atoms with Gasteiger partial charge in [-0.2, -0.15) is 13.2 Å². The molecule has 0 radical (unpaired) electrons. The number of benzene rings is 1. The Morgan fingerprint density at radius 3 is 2.55 bits per heavy atom. The van der Waals surface area contributed by atoms with Crippen molar-refractivity contribution >= 4 is 0 Å². The molecule has 1 unspecified atom stereocenters. The zero-order valence-electron chi connectivity index (χ0n) is 12.1. The molecule has 1 aliphatic rings. The van der Waals surface area contributed by atoms with Gasteiger partial charge in [-0.15, -0.1) is 0 Å². The maximum atomic E-state index is 12.7. The Morgan fingerprint density at radius 2 is 2.00 bits per heavy atom. The number of alkyl halides is 3. The van der Waals surface area contributed by atoms with Gasteiger partial charge in [0.05, 0.1) is 5.56 Å². The van der Waals surface area contributed by atoms with Crippen LogP contribution in [-0.2, 0) is 6.18 Å². The first kappa shape index (κ1) is 15.4. The summed E-state index contributed by atoms with van der Waals surface area (Å²) < 4.78 is 38.1. The van der Waals surface area contributed by atoms with E-state index in [0.717, 1.165) is 12.6 Å². The van der Waals surface area contributed by atoms with Crippen molar-refractivity contribution in [1.82, 2.24) is 5.32 Å². The highest BCUT2D eigenvalue weighted by Gasteiger charge is 2.41. The first-order chi connectivity index (χ1) is 9.36. The molecule has 1 saturated carbocycles. The number of nitrogens with one attached hydrogen (secondary N) is 1. The molecule has 0 saturated heterocycles. The van der Waals surface area contributed by atoms with E-state index in [1.807, 2.05) is 6.92 Å². The van der Waals surface area contributed by atoms with Gasteiger partial charge in [0, 0.05) is 12.6 Å². The van der Waals surface area contributed by atoms with E-state index in [1.54, 1.807) is 6.07 Å². The van der Waals surface area contributed by atoms with Gasteiger partial charge in [0.25, 0.3) is 0 Å². The highest BCUT2D eigenvalue weighted by Crippen LogP contribution is 2.49. The molecule has 1 fully saturated rings. The third-order valence-corrected chi connectivity index (χ3v) is 4.23. The Hall–Kier alpha value is -1.03. The third kappa shape index (κ3) is 3.75. The van der Waals surface area contributed by atoms with Crippen molar-refractivity contribution in [1.29, 1.82) is 0 Å². The van der Waals surface area contributed by atoms with Crippen LogP contribution in [0, 0.1) is 5.41 Å². The maximum Gasteiger partial charge on any atom is 0.416 e. The van der Waals surface area contributed by atoms with Crippen LogP contribution in [0.2, 0.25) is 0 Å². The van der Waals surface area contributed by atoms with Crippen LogP contribution in [-0.4, -0.2) is 6.54 Å². The topological polar surface area (TPSA) is 12.0 Å². The second-order valence-electron chi connectivity index (χ2n) is 5.98. The van der Waals surface area contributed by atoms with Crippen LogP contribution in [0.5, 0.6) is 0 Å². The normalized spacial score (nSPS) is 18.9. The van der Waals surface area contributed by atoms with E-state index in [2.05, 4.69) is 12.2 Å². The zero-order valence-corrected chi connectivity index (χ0v) is 12.1. The second-order valence-corrected chi connectivity index (χ2v) is 5.98. The first-order valence-electron chi connectivity index (χ1n) is 7.27. The van der Waals surface area contributed by atoms with Crippen LogP contribution < -0.4 is 5.32 Å². The lowest BCUT2D eigenvalue weighted by molar-refractivity contribution is -0.137. The van der Waals surface area contributed by atoms with Crippen molar-refractivity contribution in [3.8, 4) is 0 Å². The standard InChI is InChI=1S/C16H22F3N/c1-3-7-15(8-9-15)11-20-12(2)13-5-4-6-14(10-13)16(17,18)19/h4-6,10,12,20H,3,7-9,11H2,1-2H3. The lowest BCUT2D eigenvalue weighted by Gasteiger charge is -2.20. The minimum absolute atomic E-state index is 0.0494. The van der Waals surface area contributed by atoms with E-state index in [4.69, 9.17) is 0 Å². The highest BCUT2D eigenvalue weighted by atomic mass is 19.4.